The van der Waals surface area contributed by atoms with Crippen molar-refractivity contribution < 1.29 is 17.9 Å². The van der Waals surface area contributed by atoms with Gasteiger partial charge in [0.15, 0.2) is 0 Å². The Morgan fingerprint density at radius 1 is 1.21 bits per heavy atom. The van der Waals surface area contributed by atoms with E-state index >= 15 is 0 Å². The molecular formula is C24H30N4O5S. The van der Waals surface area contributed by atoms with Gasteiger partial charge in [-0.15, -0.1) is 0 Å². The average molecular weight is 487 g/mol. The minimum Gasteiger partial charge on any atom is -0.382 e. The van der Waals surface area contributed by atoms with Gasteiger partial charge in [0, 0.05) is 32.4 Å². The summed E-state index contributed by atoms with van der Waals surface area (Å²) in [6.07, 6.45) is 0.580. The molecule has 1 aliphatic heterocycles. The van der Waals surface area contributed by atoms with Crippen LogP contribution in [0.4, 0.5) is 5.69 Å². The van der Waals surface area contributed by atoms with Crippen LogP contribution in [0.3, 0.4) is 0 Å². The fourth-order valence-electron chi connectivity index (χ4n) is 4.38. The number of hydrogen-bond acceptors (Lipinski definition) is 7. The summed E-state index contributed by atoms with van der Waals surface area (Å²) in [5.41, 5.74) is 3.35. The monoisotopic (exact) mass is 486 g/mol. The van der Waals surface area contributed by atoms with Crippen LogP contribution in [0.1, 0.15) is 17.0 Å². The molecule has 1 fully saturated rings. The molecule has 2 heterocycles. The number of ether oxygens (including phenoxy) is 2. The second-order valence-corrected chi connectivity index (χ2v) is 10.2. The van der Waals surface area contributed by atoms with E-state index in [2.05, 4.69) is 4.90 Å². The van der Waals surface area contributed by atoms with Crippen LogP contribution in [0.25, 0.3) is 10.9 Å². The van der Waals surface area contributed by atoms with Crippen molar-refractivity contribution in [2.24, 2.45) is 5.14 Å². The smallest absolute Gasteiger partial charge is 0.261 e. The van der Waals surface area contributed by atoms with Gasteiger partial charge in [-0.3, -0.25) is 9.36 Å². The number of primary sulfonamides is 1. The molecule has 0 saturated carbocycles. The number of rotatable bonds is 7. The number of nitrogens with zero attached hydrogens (tertiary/aromatic N) is 3. The number of nitrogens with two attached hydrogens (primary N) is 1. The second-order valence-electron chi connectivity index (χ2n) is 8.59. The van der Waals surface area contributed by atoms with E-state index in [0.29, 0.717) is 42.9 Å². The maximum absolute atomic E-state index is 13.2. The summed E-state index contributed by atoms with van der Waals surface area (Å²) in [6, 6.07) is 10.5. The molecule has 4 rings (SSSR count). The lowest BCUT2D eigenvalue weighted by Crippen LogP contribution is -2.44. The highest BCUT2D eigenvalue weighted by molar-refractivity contribution is 7.89. The minimum atomic E-state index is -3.75. The fraction of sp³-hybridized carbons (Fsp3) is 0.417. The van der Waals surface area contributed by atoms with E-state index in [4.69, 9.17) is 19.6 Å². The summed E-state index contributed by atoms with van der Waals surface area (Å²) >= 11 is 0. The van der Waals surface area contributed by atoms with E-state index in [1.165, 1.54) is 6.07 Å². The van der Waals surface area contributed by atoms with Crippen molar-refractivity contribution in [3.63, 3.8) is 0 Å². The Hall–Kier alpha value is -2.79. The second kappa shape index (κ2) is 9.83. The topological polar surface area (TPSA) is 117 Å². The number of fused-ring (bicyclic) bond motifs is 1. The Kier molecular flexibility index (Phi) is 7.04. The lowest BCUT2D eigenvalue weighted by atomic mass is 10.1. The molecule has 3 aromatic rings. The van der Waals surface area contributed by atoms with Crippen molar-refractivity contribution in [1.82, 2.24) is 9.55 Å². The summed E-state index contributed by atoms with van der Waals surface area (Å²) in [6.45, 7) is 6.75. The number of aromatic nitrogens is 2. The standard InChI is InChI=1S/C24H30N4O5S/c1-16-12-21(34(25,30)31)6-4-18(16)8-9-28-17(2)26-23-13-19(5-7-22(23)24(28)29)27-10-11-33-20(14-27)15-32-3/h4-7,12-13,20H,8-11,14-15H2,1-3H3,(H2,25,30,31)/t20-/m1/s1. The number of anilines is 1. The van der Waals surface area contributed by atoms with Crippen molar-refractivity contribution in [3.8, 4) is 0 Å². The van der Waals surface area contributed by atoms with Crippen LogP contribution in [0.2, 0.25) is 0 Å². The lowest BCUT2D eigenvalue weighted by Gasteiger charge is -2.34. The van der Waals surface area contributed by atoms with Gasteiger partial charge in [-0.1, -0.05) is 6.07 Å². The molecule has 2 N–H and O–H groups in total. The Morgan fingerprint density at radius 3 is 2.71 bits per heavy atom. The Morgan fingerprint density at radius 2 is 2.00 bits per heavy atom. The number of hydrogen-bond donors (Lipinski definition) is 1. The van der Waals surface area contributed by atoms with Gasteiger partial charge in [0.1, 0.15) is 5.82 Å². The van der Waals surface area contributed by atoms with Gasteiger partial charge in [0.25, 0.3) is 5.56 Å². The van der Waals surface area contributed by atoms with Gasteiger partial charge >= 0.3 is 0 Å². The van der Waals surface area contributed by atoms with Crippen LogP contribution in [0.15, 0.2) is 46.1 Å². The first kappa shape index (κ1) is 24.3. The lowest BCUT2D eigenvalue weighted by molar-refractivity contribution is -0.0100. The maximum Gasteiger partial charge on any atom is 0.261 e. The van der Waals surface area contributed by atoms with Crippen LogP contribution in [0, 0.1) is 13.8 Å². The molecule has 0 amide bonds. The summed E-state index contributed by atoms with van der Waals surface area (Å²) < 4.78 is 35.8. The molecule has 1 aromatic heterocycles. The largest absolute Gasteiger partial charge is 0.382 e. The Bertz CT molecular complexity index is 1370. The Balaban J connectivity index is 1.57. The molecule has 182 valence electrons. The molecule has 0 aliphatic carbocycles. The number of aryl methyl sites for hydroxylation is 3. The maximum atomic E-state index is 13.2. The van der Waals surface area contributed by atoms with Gasteiger partial charge in [0.05, 0.1) is 35.1 Å². The third kappa shape index (κ3) is 5.15. The predicted octanol–water partition coefficient (Wildman–Crippen LogP) is 1.76. The van der Waals surface area contributed by atoms with Crippen LogP contribution >= 0.6 is 0 Å². The SMILES string of the molecule is COC[C@H]1CN(c2ccc3c(=O)n(CCc4ccc(S(N)(=O)=O)cc4C)c(C)nc3c2)CCO1. The zero-order valence-corrected chi connectivity index (χ0v) is 20.5. The van der Waals surface area contributed by atoms with Crippen LogP contribution in [0.5, 0.6) is 0 Å². The van der Waals surface area contributed by atoms with E-state index in [0.717, 1.165) is 29.9 Å². The highest BCUT2D eigenvalue weighted by Crippen LogP contribution is 2.22. The first-order valence-electron chi connectivity index (χ1n) is 11.2. The molecule has 1 atom stereocenters. The van der Waals surface area contributed by atoms with Crippen molar-refractivity contribution >= 4 is 26.6 Å². The van der Waals surface area contributed by atoms with Gasteiger partial charge in [-0.05, 0) is 61.7 Å². The van der Waals surface area contributed by atoms with Crippen molar-refractivity contribution in [1.29, 1.82) is 0 Å². The molecule has 9 nitrogen and oxygen atoms in total. The molecule has 0 unspecified atom stereocenters. The number of sulfonamides is 1. The van der Waals surface area contributed by atoms with Crippen LogP contribution in [-0.4, -0.2) is 57.5 Å². The summed E-state index contributed by atoms with van der Waals surface area (Å²) in [4.78, 5) is 20.3. The molecular weight excluding hydrogens is 456 g/mol. The molecule has 34 heavy (non-hydrogen) atoms. The molecule has 1 saturated heterocycles. The van der Waals surface area contributed by atoms with Gasteiger partial charge in [0.2, 0.25) is 10.0 Å². The summed E-state index contributed by atoms with van der Waals surface area (Å²) in [5.74, 6) is 0.632. The van der Waals surface area contributed by atoms with Gasteiger partial charge in [-0.2, -0.15) is 0 Å². The van der Waals surface area contributed by atoms with E-state index in [1.807, 2.05) is 32.0 Å². The average Bonchev–Trinajstić information content (AvgIpc) is 2.79. The van der Waals surface area contributed by atoms with Crippen molar-refractivity contribution in [2.45, 2.75) is 37.8 Å². The molecule has 1 aliphatic rings. The molecule has 0 radical (unpaired) electrons. The molecule has 2 aromatic carbocycles. The predicted molar refractivity (Wildman–Crippen MR) is 131 cm³/mol. The van der Waals surface area contributed by atoms with E-state index in [-0.39, 0.29) is 16.6 Å². The molecule has 0 spiro atoms. The highest BCUT2D eigenvalue weighted by atomic mass is 32.2. The molecule has 10 heteroatoms. The highest BCUT2D eigenvalue weighted by Gasteiger charge is 2.21. The first-order valence-corrected chi connectivity index (χ1v) is 12.7. The first-order chi connectivity index (χ1) is 16.2. The van der Waals surface area contributed by atoms with E-state index in [1.54, 1.807) is 23.8 Å². The van der Waals surface area contributed by atoms with Gasteiger partial charge in [-0.25, -0.2) is 18.5 Å². The number of benzene rings is 2. The van der Waals surface area contributed by atoms with Crippen molar-refractivity contribution in [3.05, 3.63) is 63.7 Å². The normalized spacial score (nSPS) is 16.8. The van der Waals surface area contributed by atoms with E-state index in [9.17, 15) is 13.2 Å². The third-order valence-electron chi connectivity index (χ3n) is 6.23. The quantitative estimate of drug-likeness (QED) is 0.541. The summed E-state index contributed by atoms with van der Waals surface area (Å²) in [7, 11) is -2.08. The van der Waals surface area contributed by atoms with Crippen molar-refractivity contribution in [2.75, 3.05) is 38.3 Å². The Labute approximate surface area is 199 Å². The number of methoxy groups -OCH3 is 1. The minimum absolute atomic E-state index is 0.0135. The summed E-state index contributed by atoms with van der Waals surface area (Å²) in [5, 5.41) is 5.78. The number of morpholine rings is 1. The van der Waals surface area contributed by atoms with E-state index < -0.39 is 10.0 Å². The zero-order valence-electron chi connectivity index (χ0n) is 19.7. The van der Waals surface area contributed by atoms with Crippen LogP contribution in [-0.2, 0) is 32.5 Å². The third-order valence-corrected chi connectivity index (χ3v) is 7.14. The zero-order chi connectivity index (χ0) is 24.5. The van der Waals surface area contributed by atoms with Crippen LogP contribution < -0.4 is 15.6 Å². The fourth-order valence-corrected chi connectivity index (χ4v) is 4.98. The van der Waals surface area contributed by atoms with Gasteiger partial charge < -0.3 is 14.4 Å². The molecule has 0 bridgehead atoms.